The molecular formula is C13H14N4. The van der Waals surface area contributed by atoms with Crippen molar-refractivity contribution >= 4 is 5.82 Å². The molecule has 4 heteroatoms. The highest BCUT2D eigenvalue weighted by molar-refractivity contribution is 5.61. The van der Waals surface area contributed by atoms with Crippen molar-refractivity contribution < 1.29 is 0 Å². The third-order valence-electron chi connectivity index (χ3n) is 2.63. The standard InChI is InChI=1S/C13H14N4/c1-3-4-10(2)17-9-15-8-12(17)11-5-6-16-13(14)7-11/h1,5-10H,4H2,2H3,(H2,14,16). The molecular weight excluding hydrogens is 212 g/mol. The molecule has 0 aliphatic heterocycles. The first-order chi connectivity index (χ1) is 8.22. The number of nitrogens with two attached hydrogens (primary N) is 1. The molecule has 0 radical (unpaired) electrons. The highest BCUT2D eigenvalue weighted by Gasteiger charge is 2.10. The molecule has 17 heavy (non-hydrogen) atoms. The van der Waals surface area contributed by atoms with Gasteiger partial charge in [-0.3, -0.25) is 0 Å². The normalized spacial score (nSPS) is 12.0. The first kappa shape index (κ1) is 11.2. The van der Waals surface area contributed by atoms with Crippen molar-refractivity contribution in [3.05, 3.63) is 30.9 Å². The second-order valence-electron chi connectivity index (χ2n) is 3.91. The van der Waals surface area contributed by atoms with Crippen LogP contribution in [-0.2, 0) is 0 Å². The van der Waals surface area contributed by atoms with E-state index in [9.17, 15) is 0 Å². The zero-order chi connectivity index (χ0) is 12.3. The van der Waals surface area contributed by atoms with E-state index in [1.165, 1.54) is 0 Å². The summed E-state index contributed by atoms with van der Waals surface area (Å²) in [6, 6.07) is 3.95. The van der Waals surface area contributed by atoms with Crippen LogP contribution < -0.4 is 5.73 Å². The Morgan fingerprint density at radius 2 is 2.41 bits per heavy atom. The monoisotopic (exact) mass is 226 g/mol. The minimum Gasteiger partial charge on any atom is -0.384 e. The largest absolute Gasteiger partial charge is 0.384 e. The van der Waals surface area contributed by atoms with Crippen LogP contribution in [0.5, 0.6) is 0 Å². The van der Waals surface area contributed by atoms with Gasteiger partial charge in [0.1, 0.15) is 5.82 Å². The van der Waals surface area contributed by atoms with Crippen LogP contribution in [-0.4, -0.2) is 14.5 Å². The predicted molar refractivity (Wildman–Crippen MR) is 68.0 cm³/mol. The molecule has 86 valence electrons. The first-order valence-corrected chi connectivity index (χ1v) is 5.39. The van der Waals surface area contributed by atoms with E-state index in [1.54, 1.807) is 12.5 Å². The number of hydrogen-bond donors (Lipinski definition) is 1. The van der Waals surface area contributed by atoms with E-state index in [4.69, 9.17) is 12.2 Å². The van der Waals surface area contributed by atoms with Gasteiger partial charge in [0.2, 0.25) is 0 Å². The highest BCUT2D eigenvalue weighted by atomic mass is 15.1. The zero-order valence-corrected chi connectivity index (χ0v) is 9.67. The molecule has 2 aromatic rings. The highest BCUT2D eigenvalue weighted by Crippen LogP contribution is 2.24. The molecule has 0 saturated heterocycles. The Kier molecular flexibility index (Phi) is 3.10. The van der Waals surface area contributed by atoms with Crippen LogP contribution in [0.4, 0.5) is 5.82 Å². The Morgan fingerprint density at radius 1 is 1.59 bits per heavy atom. The lowest BCUT2D eigenvalue weighted by molar-refractivity contribution is 0.567. The summed E-state index contributed by atoms with van der Waals surface area (Å²) >= 11 is 0. The van der Waals surface area contributed by atoms with Gasteiger partial charge in [0, 0.05) is 24.2 Å². The number of nitrogen functional groups attached to an aromatic ring is 1. The van der Waals surface area contributed by atoms with Crippen LogP contribution in [0.15, 0.2) is 30.9 Å². The summed E-state index contributed by atoms with van der Waals surface area (Å²) in [7, 11) is 0. The Morgan fingerprint density at radius 3 is 3.12 bits per heavy atom. The Labute approximate surface area is 101 Å². The number of terminal acetylenes is 1. The number of aromatic nitrogens is 3. The van der Waals surface area contributed by atoms with E-state index in [0.717, 1.165) is 11.3 Å². The summed E-state index contributed by atoms with van der Waals surface area (Å²) in [5.41, 5.74) is 7.68. The molecule has 0 aliphatic rings. The molecule has 2 rings (SSSR count). The summed E-state index contributed by atoms with van der Waals surface area (Å²) in [6.07, 6.45) is 11.3. The van der Waals surface area contributed by atoms with E-state index in [2.05, 4.69) is 27.4 Å². The van der Waals surface area contributed by atoms with Crippen LogP contribution in [0, 0.1) is 12.3 Å². The summed E-state index contributed by atoms with van der Waals surface area (Å²) in [5.74, 6) is 3.16. The minimum atomic E-state index is 0.215. The fourth-order valence-electron chi connectivity index (χ4n) is 1.76. The summed E-state index contributed by atoms with van der Waals surface area (Å²) in [5, 5.41) is 0. The van der Waals surface area contributed by atoms with Crippen molar-refractivity contribution in [1.82, 2.24) is 14.5 Å². The van der Waals surface area contributed by atoms with Crippen LogP contribution >= 0.6 is 0 Å². The van der Waals surface area contributed by atoms with Gasteiger partial charge in [0.15, 0.2) is 0 Å². The molecule has 2 aromatic heterocycles. The SMILES string of the molecule is C#CCC(C)n1cncc1-c1ccnc(N)c1. The predicted octanol–water partition coefficient (Wildman–Crippen LogP) is 2.11. The molecule has 0 bridgehead atoms. The first-order valence-electron chi connectivity index (χ1n) is 5.39. The van der Waals surface area contributed by atoms with Gasteiger partial charge in [-0.25, -0.2) is 9.97 Å². The zero-order valence-electron chi connectivity index (χ0n) is 9.67. The molecule has 0 amide bonds. The van der Waals surface area contributed by atoms with Crippen LogP contribution in [0.25, 0.3) is 11.3 Å². The summed E-state index contributed by atoms with van der Waals surface area (Å²) < 4.78 is 2.05. The van der Waals surface area contributed by atoms with Crippen molar-refractivity contribution in [3.8, 4) is 23.6 Å². The molecule has 0 saturated carbocycles. The number of imidazole rings is 1. The molecule has 4 nitrogen and oxygen atoms in total. The van der Waals surface area contributed by atoms with E-state index in [0.29, 0.717) is 12.2 Å². The second-order valence-corrected chi connectivity index (χ2v) is 3.91. The lowest BCUT2D eigenvalue weighted by atomic mass is 10.1. The van der Waals surface area contributed by atoms with Gasteiger partial charge in [-0.2, -0.15) is 0 Å². The van der Waals surface area contributed by atoms with E-state index >= 15 is 0 Å². The molecule has 0 fully saturated rings. The van der Waals surface area contributed by atoms with Crippen molar-refractivity contribution in [2.75, 3.05) is 5.73 Å². The van der Waals surface area contributed by atoms with Gasteiger partial charge in [-0.1, -0.05) is 0 Å². The van der Waals surface area contributed by atoms with E-state index in [1.807, 2.05) is 18.3 Å². The van der Waals surface area contributed by atoms with Gasteiger partial charge in [0.25, 0.3) is 0 Å². The summed E-state index contributed by atoms with van der Waals surface area (Å²) in [6.45, 7) is 2.07. The van der Waals surface area contributed by atoms with E-state index in [-0.39, 0.29) is 6.04 Å². The molecule has 2 N–H and O–H groups in total. The molecule has 0 spiro atoms. The van der Waals surface area contributed by atoms with Crippen LogP contribution in [0.2, 0.25) is 0 Å². The van der Waals surface area contributed by atoms with Gasteiger partial charge in [-0.05, 0) is 19.1 Å². The minimum absolute atomic E-state index is 0.215. The second kappa shape index (κ2) is 4.71. The molecule has 2 heterocycles. The number of anilines is 1. The smallest absolute Gasteiger partial charge is 0.123 e. The maximum Gasteiger partial charge on any atom is 0.123 e. The van der Waals surface area contributed by atoms with Crippen molar-refractivity contribution in [3.63, 3.8) is 0 Å². The number of hydrogen-bond acceptors (Lipinski definition) is 3. The molecule has 0 aliphatic carbocycles. The molecule has 1 unspecified atom stereocenters. The maximum atomic E-state index is 5.68. The fraction of sp³-hybridized carbons (Fsp3) is 0.231. The molecule has 0 aromatic carbocycles. The van der Waals surface area contributed by atoms with Gasteiger partial charge in [0.05, 0.1) is 18.2 Å². The quantitative estimate of drug-likeness (QED) is 0.815. The maximum absolute atomic E-state index is 5.68. The average molecular weight is 226 g/mol. The van der Waals surface area contributed by atoms with Crippen molar-refractivity contribution in [1.29, 1.82) is 0 Å². The number of rotatable bonds is 3. The Balaban J connectivity index is 2.40. The van der Waals surface area contributed by atoms with Crippen molar-refractivity contribution in [2.24, 2.45) is 0 Å². The topological polar surface area (TPSA) is 56.7 Å². The Hall–Kier alpha value is -2.28. The third kappa shape index (κ3) is 2.28. The third-order valence-corrected chi connectivity index (χ3v) is 2.63. The van der Waals surface area contributed by atoms with Gasteiger partial charge in [-0.15, -0.1) is 12.3 Å². The summed E-state index contributed by atoms with van der Waals surface area (Å²) in [4.78, 5) is 8.14. The number of pyridine rings is 1. The van der Waals surface area contributed by atoms with Gasteiger partial charge >= 0.3 is 0 Å². The van der Waals surface area contributed by atoms with E-state index < -0.39 is 0 Å². The average Bonchev–Trinajstić information content (AvgIpc) is 2.78. The van der Waals surface area contributed by atoms with Gasteiger partial charge < -0.3 is 10.3 Å². The molecule has 1 atom stereocenters. The lowest BCUT2D eigenvalue weighted by Crippen LogP contribution is -2.04. The lowest BCUT2D eigenvalue weighted by Gasteiger charge is -2.14. The fourth-order valence-corrected chi connectivity index (χ4v) is 1.76. The van der Waals surface area contributed by atoms with Crippen LogP contribution in [0.1, 0.15) is 19.4 Å². The Bertz CT molecular complexity index is 551. The van der Waals surface area contributed by atoms with Crippen molar-refractivity contribution in [2.45, 2.75) is 19.4 Å². The number of nitrogens with zero attached hydrogens (tertiary/aromatic N) is 3. The van der Waals surface area contributed by atoms with Crippen LogP contribution in [0.3, 0.4) is 0 Å².